The maximum Gasteiger partial charge on any atom is 0.254 e. The Balaban J connectivity index is 1.35. The fourth-order valence-electron chi connectivity index (χ4n) is 5.28. The molecule has 6 nitrogen and oxygen atoms in total. The lowest BCUT2D eigenvalue weighted by Gasteiger charge is -2.29. The Hall–Kier alpha value is -2.80. The zero-order valence-corrected chi connectivity index (χ0v) is 20.0. The number of para-hydroxylation sites is 1. The highest BCUT2D eigenvalue weighted by Gasteiger charge is 2.27. The largest absolute Gasteiger partial charge is 0.379 e. The molecular formula is C28H34N4O2. The van der Waals surface area contributed by atoms with Crippen molar-refractivity contribution in [2.45, 2.75) is 13.0 Å². The molecule has 0 radical (unpaired) electrons. The van der Waals surface area contributed by atoms with E-state index in [2.05, 4.69) is 57.1 Å². The standard InChI is InChI=1S/C28H34N4O2/c1-30-12-13-32(20-22(19-30)18-24-8-4-7-23-9-5-11-29-27(23)24)28(33)26-10-3-2-6-25(26)21-31-14-16-34-17-15-31/h2-11,22H,12-21H2,1H3. The quantitative estimate of drug-likeness (QED) is 0.587. The summed E-state index contributed by atoms with van der Waals surface area (Å²) in [6.07, 6.45) is 2.78. The molecule has 0 saturated carbocycles. The normalized spacial score (nSPS) is 20.4. The van der Waals surface area contributed by atoms with Crippen LogP contribution in [0.1, 0.15) is 21.5 Å². The van der Waals surface area contributed by atoms with Gasteiger partial charge in [-0.1, -0.05) is 42.5 Å². The fourth-order valence-corrected chi connectivity index (χ4v) is 5.28. The molecule has 2 aliphatic heterocycles. The van der Waals surface area contributed by atoms with Crippen molar-refractivity contribution in [2.75, 3.05) is 59.5 Å². The molecule has 3 aromatic rings. The van der Waals surface area contributed by atoms with Gasteiger partial charge in [0.1, 0.15) is 0 Å². The third kappa shape index (κ3) is 5.30. The first kappa shape index (κ1) is 23.0. The van der Waals surface area contributed by atoms with E-state index in [1.165, 1.54) is 10.9 Å². The lowest BCUT2D eigenvalue weighted by molar-refractivity contribution is 0.0340. The first-order valence-corrected chi connectivity index (χ1v) is 12.4. The van der Waals surface area contributed by atoms with E-state index < -0.39 is 0 Å². The highest BCUT2D eigenvalue weighted by Crippen LogP contribution is 2.23. The fraction of sp³-hybridized carbons (Fsp3) is 0.429. The van der Waals surface area contributed by atoms with Crippen LogP contribution in [0.3, 0.4) is 0 Å². The number of carbonyl (C=O) groups is 1. The number of pyridine rings is 1. The van der Waals surface area contributed by atoms with E-state index in [4.69, 9.17) is 4.74 Å². The molecule has 2 fully saturated rings. The summed E-state index contributed by atoms with van der Waals surface area (Å²) < 4.78 is 5.50. The van der Waals surface area contributed by atoms with Gasteiger partial charge < -0.3 is 14.5 Å². The van der Waals surface area contributed by atoms with Gasteiger partial charge in [0, 0.05) is 63.0 Å². The van der Waals surface area contributed by atoms with E-state index in [9.17, 15) is 4.79 Å². The van der Waals surface area contributed by atoms with Crippen molar-refractivity contribution in [1.82, 2.24) is 19.7 Å². The average Bonchev–Trinajstić information content (AvgIpc) is 3.06. The van der Waals surface area contributed by atoms with Gasteiger partial charge in [-0.05, 0) is 42.6 Å². The molecule has 1 atom stereocenters. The van der Waals surface area contributed by atoms with Crippen LogP contribution in [0.5, 0.6) is 0 Å². The van der Waals surface area contributed by atoms with Crippen molar-refractivity contribution in [2.24, 2.45) is 5.92 Å². The predicted octanol–water partition coefficient (Wildman–Crippen LogP) is 3.31. The van der Waals surface area contributed by atoms with Gasteiger partial charge in [0.15, 0.2) is 0 Å². The summed E-state index contributed by atoms with van der Waals surface area (Å²) in [5.74, 6) is 0.510. The summed E-state index contributed by atoms with van der Waals surface area (Å²) in [6.45, 7) is 7.53. The maximum absolute atomic E-state index is 13.8. The van der Waals surface area contributed by atoms with Crippen molar-refractivity contribution in [3.63, 3.8) is 0 Å². The Morgan fingerprint density at radius 2 is 1.74 bits per heavy atom. The first-order valence-electron chi connectivity index (χ1n) is 12.4. The van der Waals surface area contributed by atoms with Gasteiger partial charge >= 0.3 is 0 Å². The molecular weight excluding hydrogens is 424 g/mol. The second kappa shape index (κ2) is 10.6. The van der Waals surface area contributed by atoms with E-state index in [0.717, 1.165) is 82.1 Å². The molecule has 0 bridgehead atoms. The number of nitrogens with zero attached hydrogens (tertiary/aromatic N) is 4. The van der Waals surface area contributed by atoms with Crippen LogP contribution < -0.4 is 0 Å². The van der Waals surface area contributed by atoms with Crippen molar-refractivity contribution >= 4 is 16.8 Å². The molecule has 2 aromatic carbocycles. The van der Waals surface area contributed by atoms with Gasteiger partial charge in [-0.15, -0.1) is 0 Å². The van der Waals surface area contributed by atoms with E-state index in [0.29, 0.717) is 5.92 Å². The smallest absolute Gasteiger partial charge is 0.254 e. The van der Waals surface area contributed by atoms with Crippen LogP contribution in [0.15, 0.2) is 60.8 Å². The second-order valence-electron chi connectivity index (χ2n) is 9.62. The molecule has 3 heterocycles. The van der Waals surface area contributed by atoms with Gasteiger partial charge in [-0.3, -0.25) is 14.7 Å². The molecule has 6 heteroatoms. The van der Waals surface area contributed by atoms with Crippen LogP contribution in [0.4, 0.5) is 0 Å². The van der Waals surface area contributed by atoms with E-state index in [-0.39, 0.29) is 5.91 Å². The minimum atomic E-state index is 0.153. The topological polar surface area (TPSA) is 48.9 Å². The second-order valence-corrected chi connectivity index (χ2v) is 9.62. The summed E-state index contributed by atoms with van der Waals surface area (Å²) in [4.78, 5) is 25.2. The maximum atomic E-state index is 13.8. The Morgan fingerprint density at radius 1 is 0.941 bits per heavy atom. The minimum absolute atomic E-state index is 0.153. The van der Waals surface area contributed by atoms with Gasteiger partial charge in [0.05, 0.1) is 18.7 Å². The number of benzene rings is 2. The minimum Gasteiger partial charge on any atom is -0.379 e. The molecule has 1 aromatic heterocycles. The van der Waals surface area contributed by atoms with Crippen LogP contribution in [0, 0.1) is 5.92 Å². The van der Waals surface area contributed by atoms with Gasteiger partial charge in [0.25, 0.3) is 5.91 Å². The molecule has 5 rings (SSSR count). The summed E-state index contributed by atoms with van der Waals surface area (Å²) in [5.41, 5.74) is 4.29. The van der Waals surface area contributed by atoms with Crippen LogP contribution in [-0.2, 0) is 17.7 Å². The molecule has 178 valence electrons. The van der Waals surface area contributed by atoms with Crippen LogP contribution in [0.2, 0.25) is 0 Å². The number of rotatable bonds is 5. The van der Waals surface area contributed by atoms with E-state index in [1.54, 1.807) is 0 Å². The highest BCUT2D eigenvalue weighted by atomic mass is 16.5. The van der Waals surface area contributed by atoms with Crippen LogP contribution in [-0.4, -0.2) is 85.1 Å². The summed E-state index contributed by atoms with van der Waals surface area (Å²) in [5, 5.41) is 1.17. The SMILES string of the molecule is CN1CCN(C(=O)c2ccccc2CN2CCOCC2)CC(Cc2cccc3cccnc23)C1. The molecule has 34 heavy (non-hydrogen) atoms. The number of carbonyl (C=O) groups excluding carboxylic acids is 1. The summed E-state index contributed by atoms with van der Waals surface area (Å²) >= 11 is 0. The Kier molecular flexibility index (Phi) is 7.19. The number of hydrogen-bond acceptors (Lipinski definition) is 5. The van der Waals surface area contributed by atoms with Crippen molar-refractivity contribution in [3.8, 4) is 0 Å². The van der Waals surface area contributed by atoms with Gasteiger partial charge in [0.2, 0.25) is 0 Å². The number of amides is 1. The number of morpholine rings is 1. The van der Waals surface area contributed by atoms with Crippen molar-refractivity contribution in [3.05, 3.63) is 77.5 Å². The molecule has 0 aliphatic carbocycles. The number of hydrogen-bond donors (Lipinski definition) is 0. The van der Waals surface area contributed by atoms with Crippen LogP contribution in [0.25, 0.3) is 10.9 Å². The zero-order chi connectivity index (χ0) is 23.3. The average molecular weight is 459 g/mol. The Labute approximate surface area is 202 Å². The number of fused-ring (bicyclic) bond motifs is 1. The van der Waals surface area contributed by atoms with E-state index in [1.807, 2.05) is 30.5 Å². The van der Waals surface area contributed by atoms with Crippen molar-refractivity contribution < 1.29 is 9.53 Å². The van der Waals surface area contributed by atoms with E-state index >= 15 is 0 Å². The summed E-state index contributed by atoms with van der Waals surface area (Å²) in [6, 6.07) is 18.6. The van der Waals surface area contributed by atoms with Crippen LogP contribution >= 0.6 is 0 Å². The number of likely N-dealkylation sites (N-methyl/N-ethyl adjacent to an activating group) is 1. The third-order valence-electron chi connectivity index (χ3n) is 7.06. The molecule has 0 N–H and O–H groups in total. The lowest BCUT2D eigenvalue weighted by Crippen LogP contribution is -2.38. The van der Waals surface area contributed by atoms with Crippen molar-refractivity contribution in [1.29, 1.82) is 0 Å². The predicted molar refractivity (Wildman–Crippen MR) is 135 cm³/mol. The lowest BCUT2D eigenvalue weighted by atomic mass is 9.96. The zero-order valence-electron chi connectivity index (χ0n) is 20.0. The summed E-state index contributed by atoms with van der Waals surface area (Å²) in [7, 11) is 2.16. The Morgan fingerprint density at radius 3 is 2.62 bits per heavy atom. The first-order chi connectivity index (χ1) is 16.7. The Bertz CT molecular complexity index is 1120. The molecule has 1 amide bonds. The van der Waals surface area contributed by atoms with Gasteiger partial charge in [-0.25, -0.2) is 0 Å². The number of aromatic nitrogens is 1. The number of ether oxygens (including phenoxy) is 1. The molecule has 2 saturated heterocycles. The monoisotopic (exact) mass is 458 g/mol. The molecule has 0 spiro atoms. The molecule has 2 aliphatic rings. The highest BCUT2D eigenvalue weighted by molar-refractivity contribution is 5.95. The molecule has 1 unspecified atom stereocenters. The third-order valence-corrected chi connectivity index (χ3v) is 7.06. The van der Waals surface area contributed by atoms with Gasteiger partial charge in [-0.2, -0.15) is 0 Å².